The molecule has 0 amide bonds. The van der Waals surface area contributed by atoms with Crippen LogP contribution in [0.5, 0.6) is 0 Å². The van der Waals surface area contributed by atoms with Crippen LogP contribution in [0.2, 0.25) is 0 Å². The fourth-order valence-corrected chi connectivity index (χ4v) is 1.17. The summed E-state index contributed by atoms with van der Waals surface area (Å²) in [6.45, 7) is 0.566. The normalized spacial score (nSPS) is 10.4. The summed E-state index contributed by atoms with van der Waals surface area (Å²) < 4.78 is 3.60. The second-order valence-electron chi connectivity index (χ2n) is 2.45. The Kier molecular flexibility index (Phi) is 17.5. The summed E-state index contributed by atoms with van der Waals surface area (Å²) >= 11 is 0. The van der Waals surface area contributed by atoms with Crippen molar-refractivity contribution in [2.45, 2.75) is 25.7 Å². The first-order valence-corrected chi connectivity index (χ1v) is 6.63. The molecule has 0 rings (SSSR count). The molecular weight excluding hydrogens is 246 g/mol. The van der Waals surface area contributed by atoms with Crippen molar-refractivity contribution in [1.82, 2.24) is 0 Å². The average molecular weight is 264 g/mol. The standard InChI is InChI=1S/C6H14O2.H4O5P2/c7-5-3-1-2-4-6-8;1-6(2)5-7(3)4/h7-8H,1-6H2;1-4H. The molecule has 0 aliphatic heterocycles. The summed E-state index contributed by atoms with van der Waals surface area (Å²) in [5.74, 6) is 0. The van der Waals surface area contributed by atoms with Gasteiger partial charge >= 0.3 is 17.2 Å². The lowest BCUT2D eigenvalue weighted by Crippen LogP contribution is -1.85. The molecule has 0 spiro atoms. The predicted octanol–water partition coefficient (Wildman–Crippen LogP) is -0.0426. The molecule has 0 unspecified atom stereocenters. The van der Waals surface area contributed by atoms with E-state index in [1.807, 2.05) is 0 Å². The highest BCUT2D eigenvalue weighted by atomic mass is 31.2. The lowest BCUT2D eigenvalue weighted by molar-refractivity contribution is 0.265. The van der Waals surface area contributed by atoms with E-state index in [1.165, 1.54) is 0 Å². The summed E-state index contributed by atoms with van der Waals surface area (Å²) in [4.78, 5) is 31.3. The van der Waals surface area contributed by atoms with E-state index in [0.29, 0.717) is 0 Å². The number of hydrogen-bond donors (Lipinski definition) is 6. The SMILES string of the molecule is OCCCCCCO.OP(O)OP(O)O. The zero-order chi connectivity index (χ0) is 12.1. The highest BCUT2D eigenvalue weighted by Gasteiger charge is 2.05. The van der Waals surface area contributed by atoms with Gasteiger partial charge in [-0.3, -0.25) is 0 Å². The summed E-state index contributed by atoms with van der Waals surface area (Å²) in [6, 6.07) is 0. The first-order chi connectivity index (χ1) is 7.04. The number of unbranched alkanes of at least 4 members (excludes halogenated alkanes) is 3. The van der Waals surface area contributed by atoms with Crippen molar-refractivity contribution in [3.05, 3.63) is 0 Å². The molecule has 0 heterocycles. The summed E-state index contributed by atoms with van der Waals surface area (Å²) in [6.07, 6.45) is 3.83. The number of aliphatic hydroxyl groups is 2. The summed E-state index contributed by atoms with van der Waals surface area (Å²) in [5, 5.41) is 16.6. The summed E-state index contributed by atoms with van der Waals surface area (Å²) in [7, 11) is -5.22. The Balaban J connectivity index is 0. The Bertz CT molecular complexity index is 102. The molecule has 0 aliphatic rings. The fraction of sp³-hybridized carbons (Fsp3) is 1.00. The van der Waals surface area contributed by atoms with E-state index in [-0.39, 0.29) is 13.2 Å². The van der Waals surface area contributed by atoms with Crippen LogP contribution in [0.4, 0.5) is 0 Å². The number of hydrogen-bond acceptors (Lipinski definition) is 7. The Morgan fingerprint density at radius 2 is 1.00 bits per heavy atom. The minimum absolute atomic E-state index is 0.283. The maximum absolute atomic E-state index is 8.30. The summed E-state index contributed by atoms with van der Waals surface area (Å²) in [5.41, 5.74) is 0. The van der Waals surface area contributed by atoms with Crippen molar-refractivity contribution in [1.29, 1.82) is 0 Å². The van der Waals surface area contributed by atoms with Crippen LogP contribution in [0.3, 0.4) is 0 Å². The fourth-order valence-electron chi connectivity index (χ4n) is 0.642. The highest BCUT2D eigenvalue weighted by Crippen LogP contribution is 2.41. The maximum atomic E-state index is 8.30. The van der Waals surface area contributed by atoms with Crippen LogP contribution in [0.1, 0.15) is 25.7 Å². The Hall–Kier alpha value is 0.580. The molecule has 6 N–H and O–H groups in total. The van der Waals surface area contributed by atoms with E-state index in [0.717, 1.165) is 25.7 Å². The Morgan fingerprint density at radius 3 is 1.13 bits per heavy atom. The topological polar surface area (TPSA) is 131 Å². The van der Waals surface area contributed by atoms with Crippen molar-refractivity contribution >= 4 is 17.2 Å². The van der Waals surface area contributed by atoms with E-state index in [2.05, 4.69) is 4.31 Å². The van der Waals surface area contributed by atoms with Gasteiger partial charge in [0.25, 0.3) is 0 Å². The highest BCUT2D eigenvalue weighted by molar-refractivity contribution is 7.53. The van der Waals surface area contributed by atoms with Crippen LogP contribution in [-0.2, 0) is 4.31 Å². The zero-order valence-electron chi connectivity index (χ0n) is 8.23. The lowest BCUT2D eigenvalue weighted by Gasteiger charge is -2.00. The second kappa shape index (κ2) is 14.6. The van der Waals surface area contributed by atoms with E-state index < -0.39 is 17.2 Å². The predicted molar refractivity (Wildman–Crippen MR) is 56.4 cm³/mol. The van der Waals surface area contributed by atoms with Crippen LogP contribution >= 0.6 is 17.2 Å². The first-order valence-electron chi connectivity index (χ1n) is 4.30. The van der Waals surface area contributed by atoms with Crippen LogP contribution in [0.15, 0.2) is 0 Å². The molecule has 9 heteroatoms. The molecule has 94 valence electrons. The van der Waals surface area contributed by atoms with Gasteiger partial charge in [-0.25, -0.2) is 4.31 Å². The van der Waals surface area contributed by atoms with Crippen molar-refractivity contribution in [2.24, 2.45) is 0 Å². The van der Waals surface area contributed by atoms with E-state index >= 15 is 0 Å². The number of aliphatic hydroxyl groups excluding tert-OH is 2. The van der Waals surface area contributed by atoms with Gasteiger partial charge in [-0.2, -0.15) is 0 Å². The second-order valence-corrected chi connectivity index (χ2v) is 4.11. The maximum Gasteiger partial charge on any atom is 0.334 e. The largest absolute Gasteiger partial charge is 0.396 e. The van der Waals surface area contributed by atoms with Gasteiger partial charge in [0.05, 0.1) is 0 Å². The number of rotatable bonds is 7. The molecule has 0 radical (unpaired) electrons. The molecule has 0 fully saturated rings. The average Bonchev–Trinajstić information content (AvgIpc) is 2.11. The van der Waals surface area contributed by atoms with Crippen LogP contribution in [-0.4, -0.2) is 43.0 Å². The molecule has 0 saturated heterocycles. The van der Waals surface area contributed by atoms with Gasteiger partial charge in [-0.1, -0.05) is 12.8 Å². The minimum atomic E-state index is -2.61. The molecule has 0 atom stereocenters. The first kappa shape index (κ1) is 18.0. The minimum Gasteiger partial charge on any atom is -0.396 e. The third-order valence-corrected chi connectivity index (χ3v) is 2.38. The van der Waals surface area contributed by atoms with Gasteiger partial charge in [0, 0.05) is 13.2 Å². The van der Waals surface area contributed by atoms with Gasteiger partial charge in [0.2, 0.25) is 0 Å². The van der Waals surface area contributed by atoms with Gasteiger partial charge in [-0.15, -0.1) is 0 Å². The smallest absolute Gasteiger partial charge is 0.334 e. The van der Waals surface area contributed by atoms with Gasteiger partial charge < -0.3 is 29.8 Å². The van der Waals surface area contributed by atoms with Gasteiger partial charge in [-0.05, 0) is 12.8 Å². The van der Waals surface area contributed by atoms with E-state index in [9.17, 15) is 0 Å². The molecule has 0 aromatic carbocycles. The van der Waals surface area contributed by atoms with Crippen LogP contribution < -0.4 is 0 Å². The molecule has 15 heavy (non-hydrogen) atoms. The molecule has 0 bridgehead atoms. The molecule has 0 aromatic rings. The molecule has 0 saturated carbocycles. The van der Waals surface area contributed by atoms with Crippen molar-refractivity contribution in [3.63, 3.8) is 0 Å². The van der Waals surface area contributed by atoms with E-state index in [1.54, 1.807) is 0 Å². The zero-order valence-corrected chi connectivity index (χ0v) is 10.0. The lowest BCUT2D eigenvalue weighted by atomic mass is 10.2. The third kappa shape index (κ3) is 25.1. The van der Waals surface area contributed by atoms with Gasteiger partial charge in [0.15, 0.2) is 0 Å². The monoisotopic (exact) mass is 264 g/mol. The third-order valence-electron chi connectivity index (χ3n) is 1.21. The molecule has 0 aromatic heterocycles. The van der Waals surface area contributed by atoms with Crippen molar-refractivity contribution < 1.29 is 34.1 Å². The quantitative estimate of drug-likeness (QED) is 0.281. The molecule has 0 aliphatic carbocycles. The van der Waals surface area contributed by atoms with Crippen LogP contribution in [0, 0.1) is 0 Å². The Morgan fingerprint density at radius 1 is 0.667 bits per heavy atom. The van der Waals surface area contributed by atoms with Crippen molar-refractivity contribution in [3.8, 4) is 0 Å². The molecule has 7 nitrogen and oxygen atoms in total. The van der Waals surface area contributed by atoms with Crippen LogP contribution in [0.25, 0.3) is 0 Å². The van der Waals surface area contributed by atoms with E-state index in [4.69, 9.17) is 29.8 Å². The molecular formula is C6H18O7P2. The Labute approximate surface area is 91.0 Å². The van der Waals surface area contributed by atoms with Crippen molar-refractivity contribution in [2.75, 3.05) is 13.2 Å². The van der Waals surface area contributed by atoms with Gasteiger partial charge in [0.1, 0.15) is 0 Å².